The van der Waals surface area contributed by atoms with Gasteiger partial charge in [-0.25, -0.2) is 4.39 Å². The number of halogens is 2. The second kappa shape index (κ2) is 12.8. The van der Waals surface area contributed by atoms with Crippen molar-refractivity contribution < 1.29 is 17.6 Å². The van der Waals surface area contributed by atoms with Gasteiger partial charge in [0.1, 0.15) is 12.4 Å². The van der Waals surface area contributed by atoms with Gasteiger partial charge in [0.05, 0.1) is 36.9 Å². The van der Waals surface area contributed by atoms with E-state index < -0.39 is 16.2 Å². The molecule has 0 saturated carbocycles. The molecule has 0 heterocycles. The Bertz CT molecular complexity index is 1500. The average Bonchev–Trinajstić information content (AvgIpc) is 2.93. The summed E-state index contributed by atoms with van der Waals surface area (Å²) in [5, 5.41) is 1.81. The van der Waals surface area contributed by atoms with Gasteiger partial charge in [-0.15, -0.1) is 0 Å². The highest BCUT2D eigenvalue weighted by atomic mass is 35.5. The Morgan fingerprint density at radius 2 is 1.55 bits per heavy atom. The molecule has 0 aliphatic carbocycles. The Labute approximate surface area is 244 Å². The summed E-state index contributed by atoms with van der Waals surface area (Å²) in [4.78, 5) is 0.314. The normalized spacial score (nSPS) is 13.4. The molecular formula is C33H40ClFN2O2S+2. The zero-order valence-electron chi connectivity index (χ0n) is 23.9. The summed E-state index contributed by atoms with van der Waals surface area (Å²) in [7, 11) is -3.66. The van der Waals surface area contributed by atoms with Gasteiger partial charge >= 0.3 is 10.4 Å². The van der Waals surface area contributed by atoms with E-state index in [1.165, 1.54) is 39.2 Å². The second-order valence-corrected chi connectivity index (χ2v) is 13.1. The Hall–Kier alpha value is -2.77. The van der Waals surface area contributed by atoms with Crippen LogP contribution in [0.1, 0.15) is 43.4 Å². The van der Waals surface area contributed by atoms with Crippen molar-refractivity contribution >= 4 is 38.5 Å². The number of benzene rings is 4. The van der Waals surface area contributed by atoms with E-state index in [1.54, 1.807) is 12.1 Å². The SMILES string of the molecule is CC[N+](CC)(CCCCN(c1ccc(F)c(Cl)c1)[S+](=O)(O)c1ccc2ccccc2c1)Cc1cc(C)cc(C)c1. The molecule has 4 nitrogen and oxygen atoms in total. The molecule has 1 N–H and O–H groups in total. The fourth-order valence-corrected chi connectivity index (χ4v) is 7.32. The van der Waals surface area contributed by atoms with Crippen molar-refractivity contribution in [3.05, 3.63) is 106 Å². The molecule has 0 fully saturated rings. The molecule has 0 aliphatic heterocycles. The van der Waals surface area contributed by atoms with Gasteiger partial charge in [-0.3, -0.25) is 0 Å². The summed E-state index contributed by atoms with van der Waals surface area (Å²) in [5.74, 6) is -0.556. The predicted molar refractivity (Wildman–Crippen MR) is 167 cm³/mol. The van der Waals surface area contributed by atoms with Crippen molar-refractivity contribution in [2.24, 2.45) is 0 Å². The van der Waals surface area contributed by atoms with Gasteiger partial charge in [-0.1, -0.05) is 65.2 Å². The fraction of sp³-hybridized carbons (Fsp3) is 0.333. The summed E-state index contributed by atoms with van der Waals surface area (Å²) in [6, 6.07) is 24.0. The van der Waals surface area contributed by atoms with Crippen LogP contribution in [0.25, 0.3) is 10.8 Å². The van der Waals surface area contributed by atoms with Crippen LogP contribution in [0.4, 0.5) is 10.1 Å². The zero-order valence-corrected chi connectivity index (χ0v) is 25.4. The van der Waals surface area contributed by atoms with Crippen molar-refractivity contribution in [2.75, 3.05) is 30.5 Å². The molecule has 0 amide bonds. The van der Waals surface area contributed by atoms with Crippen LogP contribution in [0.2, 0.25) is 5.02 Å². The first-order chi connectivity index (χ1) is 19.1. The molecule has 0 aromatic heterocycles. The van der Waals surface area contributed by atoms with Gasteiger partial charge in [0.25, 0.3) is 0 Å². The Balaban J connectivity index is 1.56. The van der Waals surface area contributed by atoms with Crippen LogP contribution < -0.4 is 4.31 Å². The van der Waals surface area contributed by atoms with Crippen LogP contribution >= 0.6 is 11.6 Å². The average molecular weight is 583 g/mol. The summed E-state index contributed by atoms with van der Waals surface area (Å²) < 4.78 is 42.1. The summed E-state index contributed by atoms with van der Waals surface area (Å²) in [5.41, 5.74) is 4.33. The highest BCUT2D eigenvalue weighted by Gasteiger charge is 2.39. The van der Waals surface area contributed by atoms with Crippen LogP contribution in [0, 0.1) is 19.7 Å². The number of hydrogen-bond acceptors (Lipinski definition) is 1. The third-order valence-corrected chi connectivity index (χ3v) is 10.1. The van der Waals surface area contributed by atoms with Crippen molar-refractivity contribution in [1.29, 1.82) is 0 Å². The minimum absolute atomic E-state index is 0.0719. The van der Waals surface area contributed by atoms with Gasteiger partial charge < -0.3 is 4.48 Å². The maximum atomic E-state index is 14.1. The van der Waals surface area contributed by atoms with Crippen LogP contribution in [0.15, 0.2) is 83.8 Å². The summed E-state index contributed by atoms with van der Waals surface area (Å²) in [6.45, 7) is 13.0. The number of hydrogen-bond donors (Lipinski definition) is 1. The van der Waals surface area contributed by atoms with Crippen molar-refractivity contribution in [3.8, 4) is 0 Å². The van der Waals surface area contributed by atoms with E-state index in [-0.39, 0.29) is 5.02 Å². The molecule has 0 radical (unpaired) electrons. The maximum absolute atomic E-state index is 14.1. The molecular weight excluding hydrogens is 543 g/mol. The monoisotopic (exact) mass is 582 g/mol. The molecule has 4 rings (SSSR count). The summed E-state index contributed by atoms with van der Waals surface area (Å²) in [6.07, 6.45) is 1.58. The lowest BCUT2D eigenvalue weighted by molar-refractivity contribution is -0.938. The van der Waals surface area contributed by atoms with Crippen LogP contribution in [0.5, 0.6) is 0 Å². The minimum atomic E-state index is -3.66. The van der Waals surface area contributed by atoms with Gasteiger partial charge in [0.2, 0.25) is 4.90 Å². The first-order valence-electron chi connectivity index (χ1n) is 14.0. The molecule has 4 aromatic carbocycles. The number of aryl methyl sites for hydroxylation is 2. The van der Waals surface area contributed by atoms with E-state index in [1.807, 2.05) is 30.3 Å². The lowest BCUT2D eigenvalue weighted by Crippen LogP contribution is -2.48. The van der Waals surface area contributed by atoms with E-state index in [2.05, 4.69) is 45.9 Å². The first kappa shape index (κ1) is 30.2. The zero-order chi connectivity index (χ0) is 28.9. The number of rotatable bonds is 12. The molecule has 40 heavy (non-hydrogen) atoms. The third-order valence-electron chi connectivity index (χ3n) is 7.90. The third kappa shape index (κ3) is 6.92. The molecule has 1 atom stereocenters. The van der Waals surface area contributed by atoms with Gasteiger partial charge in [-0.05, 0) is 85.8 Å². The lowest BCUT2D eigenvalue weighted by atomic mass is 10.1. The van der Waals surface area contributed by atoms with E-state index in [4.69, 9.17) is 11.6 Å². The van der Waals surface area contributed by atoms with Crippen molar-refractivity contribution in [2.45, 2.75) is 52.0 Å². The van der Waals surface area contributed by atoms with Gasteiger partial charge in [0, 0.05) is 11.6 Å². The molecule has 0 spiro atoms. The highest BCUT2D eigenvalue weighted by Crippen LogP contribution is 2.32. The maximum Gasteiger partial charge on any atom is 0.348 e. The standard InChI is InChI=1S/C33H39ClFN2O2S/c1-5-37(6-2,24-27-20-25(3)19-26(4)21-27)18-10-9-17-36(30-14-16-33(35)32(34)23-30)40(38,39)31-15-13-28-11-7-8-12-29(28)22-31/h7-8,11-16,19-23H,5-6,9-10,17-18,24H2,1-4H3/q+1/p+1. The molecule has 212 valence electrons. The van der Waals surface area contributed by atoms with E-state index in [0.29, 0.717) is 23.5 Å². The van der Waals surface area contributed by atoms with Gasteiger partial charge in [0.15, 0.2) is 0 Å². The number of unbranched alkanes of at least 4 members (excludes halogenated alkanes) is 1. The van der Waals surface area contributed by atoms with Crippen molar-refractivity contribution in [1.82, 2.24) is 0 Å². The topological polar surface area (TPSA) is 40.5 Å². The van der Waals surface area contributed by atoms with Crippen molar-refractivity contribution in [3.63, 3.8) is 0 Å². The molecule has 0 saturated heterocycles. The smallest absolute Gasteiger partial charge is 0.320 e. The molecule has 4 aromatic rings. The largest absolute Gasteiger partial charge is 0.348 e. The highest BCUT2D eigenvalue weighted by molar-refractivity contribution is 7.99. The fourth-order valence-electron chi connectivity index (χ4n) is 5.59. The Kier molecular flexibility index (Phi) is 9.68. The molecule has 1 unspecified atom stereocenters. The van der Waals surface area contributed by atoms with Crippen LogP contribution in [-0.2, 0) is 21.2 Å². The Morgan fingerprint density at radius 1 is 0.875 bits per heavy atom. The van der Waals surface area contributed by atoms with E-state index in [0.717, 1.165) is 47.9 Å². The van der Waals surface area contributed by atoms with Crippen LogP contribution in [-0.4, -0.2) is 35.2 Å². The second-order valence-electron chi connectivity index (χ2n) is 10.8. The number of fused-ring (bicyclic) bond motifs is 1. The molecule has 0 aliphatic rings. The number of anilines is 1. The van der Waals surface area contributed by atoms with Crippen LogP contribution in [0.3, 0.4) is 0 Å². The van der Waals surface area contributed by atoms with E-state index in [9.17, 15) is 13.2 Å². The van der Waals surface area contributed by atoms with Gasteiger partial charge in [-0.2, -0.15) is 8.86 Å². The first-order valence-corrected chi connectivity index (χ1v) is 15.8. The number of nitrogens with zero attached hydrogens (tertiary/aromatic N) is 2. The number of quaternary nitrogens is 1. The Morgan fingerprint density at radius 3 is 2.20 bits per heavy atom. The quantitative estimate of drug-likeness (QED) is 0.103. The minimum Gasteiger partial charge on any atom is -0.320 e. The molecule has 0 bridgehead atoms. The lowest BCUT2D eigenvalue weighted by Gasteiger charge is -2.37. The predicted octanol–water partition coefficient (Wildman–Crippen LogP) is 8.84. The summed E-state index contributed by atoms with van der Waals surface area (Å²) >= 11 is 6.11. The molecule has 7 heteroatoms. The van der Waals surface area contributed by atoms with E-state index >= 15 is 0 Å².